The molecule has 0 aliphatic carbocycles. The van der Waals surface area contributed by atoms with Gasteiger partial charge in [0, 0.05) is 0 Å². The minimum absolute atomic E-state index is 0.0762. The quantitative estimate of drug-likeness (QED) is 0.379. The van der Waals surface area contributed by atoms with Crippen LogP contribution < -0.4 is 21.2 Å². The van der Waals surface area contributed by atoms with Crippen LogP contribution in [0.3, 0.4) is 0 Å². The molecule has 0 saturated carbocycles. The van der Waals surface area contributed by atoms with Gasteiger partial charge in [-0.05, 0) is 0 Å². The molecule has 1 nitrogen and oxygen atoms in total. The molecule has 0 saturated heterocycles. The summed E-state index contributed by atoms with van der Waals surface area (Å²) in [5, 5.41) is 0. The number of halogens is 3. The molecule has 0 spiro atoms. The van der Waals surface area contributed by atoms with Gasteiger partial charge in [-0.2, -0.15) is 0 Å². The third-order valence-corrected chi connectivity index (χ3v) is 2.92. The van der Waals surface area contributed by atoms with Crippen molar-refractivity contribution in [1.29, 1.82) is 0 Å². The van der Waals surface area contributed by atoms with E-state index in [1.807, 2.05) is 0 Å². The number of hydrogen-bond donors (Lipinski definition) is 0. The van der Waals surface area contributed by atoms with Crippen LogP contribution in [0.5, 0.6) is 0 Å². The van der Waals surface area contributed by atoms with E-state index < -0.39 is 32.8 Å². The Hall–Kier alpha value is -0.520. The summed E-state index contributed by atoms with van der Waals surface area (Å²) < 4.78 is 24.9. The van der Waals surface area contributed by atoms with Gasteiger partial charge in [0.1, 0.15) is 0 Å². The SMILES string of the molecule is C[I-]C(=O)c1ccc(F)c(F)c1. The van der Waals surface area contributed by atoms with Crippen LogP contribution in [0.2, 0.25) is 0 Å². The first-order valence-electron chi connectivity index (χ1n) is 3.14. The number of carbonyl (C=O) groups is 1. The summed E-state index contributed by atoms with van der Waals surface area (Å²) in [6.07, 6.45) is 0. The van der Waals surface area contributed by atoms with Crippen LogP contribution in [0.1, 0.15) is 10.4 Å². The Morgan fingerprint density at radius 1 is 1.33 bits per heavy atom. The second-order valence-electron chi connectivity index (χ2n) is 2.09. The molecule has 0 heterocycles. The normalized spacial score (nSPS) is 10.2. The monoisotopic (exact) mass is 283 g/mol. The van der Waals surface area contributed by atoms with E-state index in [9.17, 15) is 13.6 Å². The van der Waals surface area contributed by atoms with Crippen LogP contribution in [0.4, 0.5) is 8.78 Å². The Balaban J connectivity index is 3.05. The fourth-order valence-corrected chi connectivity index (χ4v) is 1.69. The Morgan fingerprint density at radius 3 is 2.50 bits per heavy atom. The predicted molar refractivity (Wildman–Crippen MR) is 36.6 cm³/mol. The molecule has 12 heavy (non-hydrogen) atoms. The summed E-state index contributed by atoms with van der Waals surface area (Å²) in [6.45, 7) is 0. The summed E-state index contributed by atoms with van der Waals surface area (Å²) in [7, 11) is 0. The second-order valence-corrected chi connectivity index (χ2v) is 4.15. The maximum atomic E-state index is 12.6. The summed E-state index contributed by atoms with van der Waals surface area (Å²) in [4.78, 5) is 12.8. The number of rotatable bonds is 2. The molecule has 0 fully saturated rings. The van der Waals surface area contributed by atoms with Gasteiger partial charge in [0.25, 0.3) is 0 Å². The van der Waals surface area contributed by atoms with Crippen LogP contribution in [-0.4, -0.2) is 8.72 Å². The number of benzene rings is 1. The van der Waals surface area contributed by atoms with Crippen molar-refractivity contribution in [3.05, 3.63) is 35.4 Å². The van der Waals surface area contributed by atoms with Crippen molar-refractivity contribution in [3.8, 4) is 0 Å². The zero-order chi connectivity index (χ0) is 9.14. The maximum absolute atomic E-state index is 12.6. The molecule has 0 aromatic heterocycles. The van der Waals surface area contributed by atoms with Crippen molar-refractivity contribution in [1.82, 2.24) is 0 Å². The van der Waals surface area contributed by atoms with Gasteiger partial charge in [-0.3, -0.25) is 0 Å². The van der Waals surface area contributed by atoms with E-state index in [1.54, 1.807) is 4.93 Å². The first-order valence-corrected chi connectivity index (χ1v) is 6.37. The van der Waals surface area contributed by atoms with Crippen LogP contribution in [0.15, 0.2) is 18.2 Å². The van der Waals surface area contributed by atoms with E-state index in [-0.39, 0.29) is 9.35 Å². The predicted octanol–water partition coefficient (Wildman–Crippen LogP) is -1.18. The van der Waals surface area contributed by atoms with Crippen LogP contribution >= 0.6 is 0 Å². The summed E-state index contributed by atoms with van der Waals surface area (Å²) in [5.41, 5.74) is 0.268. The molecule has 1 rings (SSSR count). The molecule has 0 bridgehead atoms. The standard InChI is InChI=1S/C8H6F2IO/c1-11-8(12)5-2-3-6(9)7(10)4-5/h2-4H,1H3/q-1. The van der Waals surface area contributed by atoms with E-state index >= 15 is 0 Å². The number of hydrogen-bond acceptors (Lipinski definition) is 1. The molecule has 0 atom stereocenters. The summed E-state index contributed by atoms with van der Waals surface area (Å²) >= 11 is -0.585. The molecule has 0 aliphatic rings. The van der Waals surface area contributed by atoms with Crippen molar-refractivity contribution in [3.63, 3.8) is 0 Å². The fraction of sp³-hybridized carbons (Fsp3) is 0.125. The Kier molecular flexibility index (Phi) is 3.13. The van der Waals surface area contributed by atoms with Gasteiger partial charge < -0.3 is 0 Å². The van der Waals surface area contributed by atoms with Crippen LogP contribution in [0, 0.1) is 11.6 Å². The molecule has 0 radical (unpaired) electrons. The van der Waals surface area contributed by atoms with Gasteiger partial charge in [-0.15, -0.1) is 0 Å². The molecular formula is C8H6F2IO-. The molecule has 0 unspecified atom stereocenters. The Bertz CT molecular complexity index is 312. The van der Waals surface area contributed by atoms with Crippen LogP contribution in [0.25, 0.3) is 0 Å². The molecule has 0 amide bonds. The zero-order valence-electron chi connectivity index (χ0n) is 6.27. The van der Waals surface area contributed by atoms with Crippen molar-refractivity contribution in [2.45, 2.75) is 0 Å². The van der Waals surface area contributed by atoms with Crippen LogP contribution in [-0.2, 0) is 0 Å². The van der Waals surface area contributed by atoms with E-state index in [4.69, 9.17) is 0 Å². The first-order chi connectivity index (χ1) is 5.65. The summed E-state index contributed by atoms with van der Waals surface area (Å²) in [6, 6.07) is 3.23. The fourth-order valence-electron chi connectivity index (χ4n) is 0.728. The molecular weight excluding hydrogens is 277 g/mol. The second kappa shape index (κ2) is 3.93. The number of carbonyl (C=O) groups excluding carboxylic acids is 1. The summed E-state index contributed by atoms with van der Waals surface area (Å²) in [5.74, 6) is -1.88. The first kappa shape index (κ1) is 9.57. The van der Waals surface area contributed by atoms with E-state index in [1.165, 1.54) is 6.07 Å². The third-order valence-electron chi connectivity index (χ3n) is 1.32. The zero-order valence-corrected chi connectivity index (χ0v) is 8.43. The van der Waals surface area contributed by atoms with Gasteiger partial charge in [-0.25, -0.2) is 0 Å². The molecule has 0 N–H and O–H groups in total. The van der Waals surface area contributed by atoms with Gasteiger partial charge in [0.2, 0.25) is 0 Å². The van der Waals surface area contributed by atoms with E-state index in [2.05, 4.69) is 0 Å². The Labute approximate surface area is 79.0 Å². The van der Waals surface area contributed by atoms with E-state index in [0.717, 1.165) is 12.1 Å². The average molecular weight is 283 g/mol. The molecule has 0 aliphatic heterocycles. The Morgan fingerprint density at radius 2 is 2.00 bits per heavy atom. The molecule has 1 aromatic carbocycles. The molecule has 66 valence electrons. The van der Waals surface area contributed by atoms with Gasteiger partial charge in [0.15, 0.2) is 0 Å². The van der Waals surface area contributed by atoms with Gasteiger partial charge in [-0.1, -0.05) is 0 Å². The van der Waals surface area contributed by atoms with E-state index in [0.29, 0.717) is 0 Å². The minimum atomic E-state index is -0.960. The third kappa shape index (κ3) is 2.00. The van der Waals surface area contributed by atoms with Crippen molar-refractivity contribution in [2.24, 2.45) is 0 Å². The molecule has 1 aromatic rings. The topological polar surface area (TPSA) is 17.1 Å². The van der Waals surface area contributed by atoms with Gasteiger partial charge in [0.05, 0.1) is 0 Å². The number of alkyl halides is 1. The molecule has 4 heteroatoms. The van der Waals surface area contributed by atoms with Crippen molar-refractivity contribution < 1.29 is 34.8 Å². The van der Waals surface area contributed by atoms with Crippen molar-refractivity contribution >= 4 is 3.79 Å². The van der Waals surface area contributed by atoms with Gasteiger partial charge >= 0.3 is 78.9 Å². The average Bonchev–Trinajstić information content (AvgIpc) is 2.08. The van der Waals surface area contributed by atoms with Crippen molar-refractivity contribution in [2.75, 3.05) is 4.93 Å².